The maximum atomic E-state index is 14.6. The molecule has 0 aliphatic carbocycles. The molecule has 1 aliphatic rings. The minimum absolute atomic E-state index is 0.230. The number of ether oxygens (including phenoxy) is 1. The molecule has 3 N–H and O–H groups in total. The number of aryl methyl sites for hydroxylation is 1. The number of aromatic nitrogens is 3. The number of hydrogen-bond donors (Lipinski definition) is 2. The lowest BCUT2D eigenvalue weighted by atomic mass is 10.0. The molecule has 1 aliphatic heterocycles. The Bertz CT molecular complexity index is 1560. The molecule has 4 aromatic rings. The van der Waals surface area contributed by atoms with Crippen LogP contribution in [0.15, 0.2) is 47.6 Å². The summed E-state index contributed by atoms with van der Waals surface area (Å²) in [6, 6.07) is 7.76. The predicted molar refractivity (Wildman–Crippen MR) is 132 cm³/mol. The predicted octanol–water partition coefficient (Wildman–Crippen LogP) is 3.81. The Kier molecular flexibility index (Phi) is 5.72. The first-order chi connectivity index (χ1) is 16.6. The molecule has 182 valence electrons. The molecule has 0 amide bonds. The molecule has 2 aromatic carbocycles. The van der Waals surface area contributed by atoms with Crippen molar-refractivity contribution in [2.24, 2.45) is 5.73 Å². The summed E-state index contributed by atoms with van der Waals surface area (Å²) in [7, 11) is -3.32. The van der Waals surface area contributed by atoms with Gasteiger partial charge in [-0.05, 0) is 49.2 Å². The zero-order chi connectivity index (χ0) is 24.9. The van der Waals surface area contributed by atoms with Crippen molar-refractivity contribution in [2.45, 2.75) is 37.8 Å². The van der Waals surface area contributed by atoms with Crippen LogP contribution in [-0.2, 0) is 22.8 Å². The van der Waals surface area contributed by atoms with Gasteiger partial charge in [0.05, 0.1) is 17.2 Å². The first-order valence-electron chi connectivity index (χ1n) is 11.2. The standard InChI is InChI=1S/C25H26FN5O3S/c1-14-10-16(35(3,32)33)4-5-17(14)20-12-29-25(31-13-22(15(2)27)30-24(20)31)28-11-19-18-8-9-34-23(18)7-6-21(19)26/h4-7,10,12-13,15H,8-9,11,27H2,1-3H3,(H,28,29). The van der Waals surface area contributed by atoms with Crippen molar-refractivity contribution in [3.05, 3.63) is 70.9 Å². The molecule has 0 bridgehead atoms. The molecule has 1 atom stereocenters. The molecule has 8 nitrogen and oxygen atoms in total. The summed E-state index contributed by atoms with van der Waals surface area (Å²) in [6.07, 6.45) is 5.34. The quantitative estimate of drug-likeness (QED) is 0.418. The monoisotopic (exact) mass is 495 g/mol. The lowest BCUT2D eigenvalue weighted by Gasteiger charge is -2.14. The second-order valence-corrected chi connectivity index (χ2v) is 10.9. The average molecular weight is 496 g/mol. The van der Waals surface area contributed by atoms with Gasteiger partial charge in [-0.3, -0.25) is 4.40 Å². The average Bonchev–Trinajstić information content (AvgIpc) is 3.46. The van der Waals surface area contributed by atoms with Crippen LogP contribution in [0.4, 0.5) is 10.3 Å². The summed E-state index contributed by atoms with van der Waals surface area (Å²) in [5.74, 6) is 0.911. The first kappa shape index (κ1) is 23.3. The Morgan fingerprint density at radius 1 is 1.26 bits per heavy atom. The highest BCUT2D eigenvalue weighted by Crippen LogP contribution is 2.33. The van der Waals surface area contributed by atoms with Gasteiger partial charge in [0.15, 0.2) is 9.84 Å². The molecule has 3 heterocycles. The van der Waals surface area contributed by atoms with E-state index in [0.29, 0.717) is 41.6 Å². The number of nitrogens with zero attached hydrogens (tertiary/aromatic N) is 3. The maximum Gasteiger partial charge on any atom is 0.208 e. The second-order valence-electron chi connectivity index (χ2n) is 8.85. The molecule has 1 unspecified atom stereocenters. The van der Waals surface area contributed by atoms with E-state index in [-0.39, 0.29) is 23.3 Å². The highest BCUT2D eigenvalue weighted by Gasteiger charge is 2.21. The van der Waals surface area contributed by atoms with Gasteiger partial charge in [0.2, 0.25) is 5.95 Å². The fourth-order valence-corrected chi connectivity index (χ4v) is 5.08. The summed E-state index contributed by atoms with van der Waals surface area (Å²) in [6.45, 7) is 4.47. The van der Waals surface area contributed by atoms with Crippen LogP contribution in [0.5, 0.6) is 5.75 Å². The van der Waals surface area contributed by atoms with Crippen molar-refractivity contribution in [1.82, 2.24) is 14.4 Å². The van der Waals surface area contributed by atoms with Gasteiger partial charge in [-0.25, -0.2) is 22.8 Å². The van der Waals surface area contributed by atoms with Crippen LogP contribution in [0.3, 0.4) is 0 Å². The Labute approximate surface area is 202 Å². The fourth-order valence-electron chi connectivity index (χ4n) is 4.38. The molecule has 35 heavy (non-hydrogen) atoms. The van der Waals surface area contributed by atoms with E-state index in [4.69, 9.17) is 15.5 Å². The number of sulfone groups is 1. The van der Waals surface area contributed by atoms with E-state index >= 15 is 0 Å². The van der Waals surface area contributed by atoms with Gasteiger partial charge in [-0.1, -0.05) is 6.07 Å². The van der Waals surface area contributed by atoms with E-state index in [0.717, 1.165) is 22.3 Å². The summed E-state index contributed by atoms with van der Waals surface area (Å²) in [5.41, 5.74) is 11.2. The van der Waals surface area contributed by atoms with Crippen LogP contribution in [-0.4, -0.2) is 35.6 Å². The van der Waals surface area contributed by atoms with Crippen LogP contribution < -0.4 is 15.8 Å². The summed E-state index contributed by atoms with van der Waals surface area (Å²) >= 11 is 0. The van der Waals surface area contributed by atoms with Gasteiger partial charge in [0, 0.05) is 54.3 Å². The number of halogens is 1. The summed E-state index contributed by atoms with van der Waals surface area (Å²) in [5, 5.41) is 3.25. The number of hydrogen-bond acceptors (Lipinski definition) is 7. The highest BCUT2D eigenvalue weighted by molar-refractivity contribution is 7.90. The third-order valence-corrected chi connectivity index (χ3v) is 7.37. The largest absolute Gasteiger partial charge is 0.493 e. The number of rotatable bonds is 6. The Balaban J connectivity index is 1.57. The third kappa shape index (κ3) is 4.23. The fraction of sp³-hybridized carbons (Fsp3) is 0.280. The normalized spacial score (nSPS) is 14.1. The van der Waals surface area contributed by atoms with Gasteiger partial charge >= 0.3 is 0 Å². The van der Waals surface area contributed by atoms with Crippen molar-refractivity contribution in [3.63, 3.8) is 0 Å². The lowest BCUT2D eigenvalue weighted by molar-refractivity contribution is 0.356. The number of anilines is 1. The van der Waals surface area contributed by atoms with Crippen molar-refractivity contribution < 1.29 is 17.5 Å². The molecule has 5 rings (SSSR count). The topological polar surface area (TPSA) is 112 Å². The van der Waals surface area contributed by atoms with Crippen molar-refractivity contribution in [1.29, 1.82) is 0 Å². The van der Waals surface area contributed by atoms with Crippen LogP contribution in [0.2, 0.25) is 0 Å². The number of benzene rings is 2. The molecule has 0 spiro atoms. The van der Waals surface area contributed by atoms with Crippen molar-refractivity contribution in [3.8, 4) is 16.9 Å². The van der Waals surface area contributed by atoms with Crippen molar-refractivity contribution in [2.75, 3.05) is 18.2 Å². The third-order valence-electron chi connectivity index (χ3n) is 6.26. The minimum atomic E-state index is -3.32. The molecular weight excluding hydrogens is 469 g/mol. The molecule has 0 saturated heterocycles. The van der Waals surface area contributed by atoms with Crippen LogP contribution in [0.25, 0.3) is 16.8 Å². The van der Waals surface area contributed by atoms with E-state index in [1.54, 1.807) is 34.9 Å². The minimum Gasteiger partial charge on any atom is -0.493 e. The van der Waals surface area contributed by atoms with E-state index < -0.39 is 9.84 Å². The Morgan fingerprint density at radius 2 is 2.06 bits per heavy atom. The zero-order valence-electron chi connectivity index (χ0n) is 19.7. The number of nitrogens with two attached hydrogens (primary N) is 1. The summed E-state index contributed by atoms with van der Waals surface area (Å²) < 4.78 is 45.9. The second kappa shape index (κ2) is 8.62. The zero-order valence-corrected chi connectivity index (χ0v) is 20.5. The highest BCUT2D eigenvalue weighted by atomic mass is 32.2. The van der Waals surface area contributed by atoms with Gasteiger partial charge in [0.25, 0.3) is 0 Å². The van der Waals surface area contributed by atoms with Crippen LogP contribution in [0, 0.1) is 12.7 Å². The Hall–Kier alpha value is -3.50. The lowest BCUT2D eigenvalue weighted by Crippen LogP contribution is -2.10. The molecule has 0 saturated carbocycles. The summed E-state index contributed by atoms with van der Waals surface area (Å²) in [4.78, 5) is 9.59. The van der Waals surface area contributed by atoms with Crippen molar-refractivity contribution >= 4 is 21.4 Å². The van der Waals surface area contributed by atoms with Gasteiger partial charge in [-0.2, -0.15) is 0 Å². The molecule has 0 fully saturated rings. The molecular formula is C25H26FN5O3S. The van der Waals surface area contributed by atoms with Crippen LogP contribution in [0.1, 0.15) is 35.3 Å². The number of fused-ring (bicyclic) bond motifs is 2. The SMILES string of the molecule is Cc1cc(S(C)(=O)=O)ccc1-c1cnc(NCc2c(F)ccc3c2CCO3)n2cc(C(C)N)nc12. The smallest absolute Gasteiger partial charge is 0.208 e. The molecule has 0 radical (unpaired) electrons. The van der Waals surface area contributed by atoms with Gasteiger partial charge < -0.3 is 15.8 Å². The van der Waals surface area contributed by atoms with Gasteiger partial charge in [0.1, 0.15) is 17.2 Å². The van der Waals surface area contributed by atoms with E-state index in [9.17, 15) is 12.8 Å². The first-order valence-corrected chi connectivity index (χ1v) is 13.1. The van der Waals surface area contributed by atoms with Crippen LogP contribution >= 0.6 is 0 Å². The number of nitrogens with one attached hydrogen (secondary N) is 1. The molecule has 10 heteroatoms. The van der Waals surface area contributed by atoms with Gasteiger partial charge in [-0.15, -0.1) is 0 Å². The molecule has 2 aromatic heterocycles. The van der Waals surface area contributed by atoms with E-state index in [1.165, 1.54) is 12.3 Å². The van der Waals surface area contributed by atoms with E-state index in [1.807, 2.05) is 20.0 Å². The number of imidazole rings is 1. The Morgan fingerprint density at radius 3 is 2.77 bits per heavy atom. The maximum absolute atomic E-state index is 14.6. The van der Waals surface area contributed by atoms with E-state index in [2.05, 4.69) is 10.3 Å².